The van der Waals surface area contributed by atoms with E-state index in [9.17, 15) is 9.59 Å². The van der Waals surface area contributed by atoms with E-state index in [1.165, 1.54) is 40.5 Å². The van der Waals surface area contributed by atoms with Crippen LogP contribution < -0.4 is 10.5 Å². The van der Waals surface area contributed by atoms with Gasteiger partial charge in [-0.1, -0.05) is 54.5 Å². The summed E-state index contributed by atoms with van der Waals surface area (Å²) in [6.07, 6.45) is 6.17. The van der Waals surface area contributed by atoms with Gasteiger partial charge in [0.25, 0.3) is 11.5 Å². The lowest BCUT2D eigenvalue weighted by Crippen LogP contribution is -2.49. The van der Waals surface area contributed by atoms with E-state index in [0.717, 1.165) is 50.7 Å². The molecule has 32 heavy (non-hydrogen) atoms. The number of anilines is 1. The molecule has 0 saturated carbocycles. The maximum absolute atomic E-state index is 13.1. The van der Waals surface area contributed by atoms with Crippen LogP contribution in [0.1, 0.15) is 41.6 Å². The van der Waals surface area contributed by atoms with Crippen LogP contribution >= 0.6 is 11.3 Å². The number of benzene rings is 1. The second-order valence-corrected chi connectivity index (χ2v) is 9.45. The van der Waals surface area contributed by atoms with E-state index in [2.05, 4.69) is 32.0 Å². The Morgan fingerprint density at radius 3 is 2.38 bits per heavy atom. The van der Waals surface area contributed by atoms with E-state index in [0.29, 0.717) is 18.1 Å². The Hall–Kier alpha value is -2.78. The van der Waals surface area contributed by atoms with Crippen molar-refractivity contribution in [2.75, 3.05) is 44.2 Å². The maximum Gasteiger partial charge on any atom is 0.288 e. The number of carbonyl (C=O) groups is 1. The van der Waals surface area contributed by atoms with Gasteiger partial charge in [0, 0.05) is 52.0 Å². The monoisotopic (exact) mass is 452 g/mol. The quantitative estimate of drug-likeness (QED) is 0.606. The fourth-order valence-electron chi connectivity index (χ4n) is 4.43. The molecule has 0 atom stereocenters. The highest BCUT2D eigenvalue weighted by Crippen LogP contribution is 2.24. The van der Waals surface area contributed by atoms with Gasteiger partial charge in [-0.3, -0.25) is 14.5 Å². The predicted molar refractivity (Wildman–Crippen MR) is 125 cm³/mol. The smallest absolute Gasteiger partial charge is 0.288 e. The van der Waals surface area contributed by atoms with Crippen molar-refractivity contribution < 1.29 is 4.79 Å². The van der Waals surface area contributed by atoms with Crippen molar-refractivity contribution in [3.05, 3.63) is 58.0 Å². The van der Waals surface area contributed by atoms with Gasteiger partial charge < -0.3 is 9.80 Å². The molecule has 2 fully saturated rings. The van der Waals surface area contributed by atoms with Gasteiger partial charge >= 0.3 is 0 Å². The summed E-state index contributed by atoms with van der Waals surface area (Å²) in [7, 11) is 0. The number of fused-ring (bicyclic) bond motifs is 1. The van der Waals surface area contributed by atoms with Crippen molar-refractivity contribution in [1.82, 2.24) is 24.4 Å². The highest BCUT2D eigenvalue weighted by Gasteiger charge is 2.26. The van der Waals surface area contributed by atoms with Crippen molar-refractivity contribution >= 4 is 27.3 Å². The summed E-state index contributed by atoms with van der Waals surface area (Å²) in [5.41, 5.74) is 1.000. The zero-order chi connectivity index (χ0) is 21.9. The van der Waals surface area contributed by atoms with E-state index in [-0.39, 0.29) is 17.0 Å². The normalized spacial score (nSPS) is 18.1. The van der Waals surface area contributed by atoms with E-state index in [1.807, 2.05) is 18.2 Å². The van der Waals surface area contributed by atoms with Gasteiger partial charge in [-0.15, -0.1) is 5.10 Å². The van der Waals surface area contributed by atoms with Crippen LogP contribution in [0.2, 0.25) is 0 Å². The zero-order valence-corrected chi connectivity index (χ0v) is 19.0. The summed E-state index contributed by atoms with van der Waals surface area (Å²) in [6, 6.07) is 10.3. The third kappa shape index (κ3) is 4.40. The van der Waals surface area contributed by atoms with E-state index in [4.69, 9.17) is 0 Å². The van der Waals surface area contributed by atoms with Crippen molar-refractivity contribution in [1.29, 1.82) is 0 Å². The molecule has 0 N–H and O–H groups in total. The summed E-state index contributed by atoms with van der Waals surface area (Å²) >= 11 is 1.42. The van der Waals surface area contributed by atoms with Crippen molar-refractivity contribution in [3.8, 4) is 0 Å². The molecule has 168 valence electrons. The first-order valence-corrected chi connectivity index (χ1v) is 12.2. The predicted octanol–water partition coefficient (Wildman–Crippen LogP) is 2.49. The van der Waals surface area contributed by atoms with E-state index >= 15 is 0 Å². The number of hydrogen-bond donors (Lipinski definition) is 0. The molecule has 2 saturated heterocycles. The standard InChI is InChI=1S/C23H28N6O2S/c30-20(27-14-12-26(13-15-27)17-18-8-4-3-5-9-18)19-16-24-22-29(21(19)31)25-23(32-22)28-10-6-1-2-7-11-28/h3-5,8-9,16H,1-2,6-7,10-15,17H2. The Labute approximate surface area is 191 Å². The van der Waals surface area contributed by atoms with Crippen LogP contribution in [0, 0.1) is 0 Å². The van der Waals surface area contributed by atoms with Gasteiger partial charge in [-0.2, -0.15) is 4.52 Å². The molecular weight excluding hydrogens is 424 g/mol. The molecule has 0 aliphatic carbocycles. The molecule has 1 amide bonds. The van der Waals surface area contributed by atoms with Crippen molar-refractivity contribution in [3.63, 3.8) is 0 Å². The SMILES string of the molecule is O=C(c1cnc2sc(N3CCCCCC3)nn2c1=O)N1CCN(Cc2ccccc2)CC1. The van der Waals surface area contributed by atoms with E-state index < -0.39 is 0 Å². The van der Waals surface area contributed by atoms with Gasteiger partial charge in [0.2, 0.25) is 10.1 Å². The highest BCUT2D eigenvalue weighted by molar-refractivity contribution is 7.20. The molecule has 2 aliphatic heterocycles. The van der Waals surface area contributed by atoms with Crippen molar-refractivity contribution in [2.24, 2.45) is 0 Å². The minimum atomic E-state index is -0.371. The second kappa shape index (κ2) is 9.38. The molecule has 0 spiro atoms. The number of piperazine rings is 1. The number of nitrogens with zero attached hydrogens (tertiary/aromatic N) is 6. The first-order valence-electron chi connectivity index (χ1n) is 11.4. The maximum atomic E-state index is 13.1. The Morgan fingerprint density at radius 1 is 0.938 bits per heavy atom. The Balaban J connectivity index is 1.28. The van der Waals surface area contributed by atoms with E-state index in [1.54, 1.807) is 4.90 Å². The molecule has 8 nitrogen and oxygen atoms in total. The number of amides is 1. The highest BCUT2D eigenvalue weighted by atomic mass is 32.1. The molecule has 2 aromatic heterocycles. The summed E-state index contributed by atoms with van der Waals surface area (Å²) in [5, 5.41) is 5.35. The summed E-state index contributed by atoms with van der Waals surface area (Å²) < 4.78 is 1.31. The first kappa shape index (κ1) is 21.1. The number of hydrogen-bond acceptors (Lipinski definition) is 7. The molecule has 9 heteroatoms. The van der Waals surface area contributed by atoms with Crippen LogP contribution in [0.5, 0.6) is 0 Å². The minimum absolute atomic E-state index is 0.103. The zero-order valence-electron chi connectivity index (χ0n) is 18.2. The summed E-state index contributed by atoms with van der Waals surface area (Å²) in [6.45, 7) is 5.55. The Bertz CT molecular complexity index is 1130. The molecular formula is C23H28N6O2S. The summed E-state index contributed by atoms with van der Waals surface area (Å²) in [5.74, 6) is -0.249. The summed E-state index contributed by atoms with van der Waals surface area (Å²) in [4.78, 5) is 37.4. The van der Waals surface area contributed by atoms with Crippen LogP contribution in [0.4, 0.5) is 5.13 Å². The van der Waals surface area contributed by atoms with Crippen LogP contribution in [0.15, 0.2) is 41.3 Å². The van der Waals surface area contributed by atoms with Crippen LogP contribution in [-0.2, 0) is 6.54 Å². The third-order valence-corrected chi connectivity index (χ3v) is 7.28. The van der Waals surface area contributed by atoms with Gasteiger partial charge in [0.05, 0.1) is 0 Å². The Morgan fingerprint density at radius 2 is 1.66 bits per heavy atom. The lowest BCUT2D eigenvalue weighted by atomic mass is 10.2. The molecule has 3 aromatic rings. The molecule has 5 rings (SSSR count). The van der Waals surface area contributed by atoms with Crippen LogP contribution in [-0.4, -0.2) is 69.6 Å². The average Bonchev–Trinajstić information content (AvgIpc) is 3.08. The minimum Gasteiger partial charge on any atom is -0.347 e. The molecule has 0 bridgehead atoms. The Kier molecular flexibility index (Phi) is 6.18. The topological polar surface area (TPSA) is 74.0 Å². The number of aromatic nitrogens is 3. The van der Waals surface area contributed by atoms with Gasteiger partial charge in [-0.05, 0) is 18.4 Å². The van der Waals surface area contributed by atoms with Gasteiger partial charge in [-0.25, -0.2) is 4.98 Å². The third-order valence-electron chi connectivity index (χ3n) is 6.29. The lowest BCUT2D eigenvalue weighted by molar-refractivity contribution is 0.0626. The lowest BCUT2D eigenvalue weighted by Gasteiger charge is -2.34. The first-order chi connectivity index (χ1) is 15.7. The van der Waals surface area contributed by atoms with Gasteiger partial charge in [0.15, 0.2) is 0 Å². The molecule has 4 heterocycles. The molecule has 2 aliphatic rings. The molecule has 0 radical (unpaired) electrons. The number of carbonyl (C=O) groups excluding carboxylic acids is 1. The largest absolute Gasteiger partial charge is 0.347 e. The van der Waals surface area contributed by atoms with Crippen LogP contribution in [0.25, 0.3) is 4.96 Å². The molecule has 1 aromatic carbocycles. The average molecular weight is 453 g/mol. The fourth-order valence-corrected chi connectivity index (χ4v) is 5.35. The number of rotatable bonds is 4. The second-order valence-electron chi connectivity index (χ2n) is 8.51. The van der Waals surface area contributed by atoms with Gasteiger partial charge in [0.1, 0.15) is 5.56 Å². The fraction of sp³-hybridized carbons (Fsp3) is 0.478. The molecule has 0 unspecified atom stereocenters. The van der Waals surface area contributed by atoms with Crippen LogP contribution in [0.3, 0.4) is 0 Å². The van der Waals surface area contributed by atoms with Crippen molar-refractivity contribution in [2.45, 2.75) is 32.2 Å².